The fraction of sp³-hybridized carbons (Fsp3) is 0.400. The minimum Gasteiger partial charge on any atom is -0.497 e. The van der Waals surface area contributed by atoms with Crippen molar-refractivity contribution < 1.29 is 9.57 Å². The minimum atomic E-state index is 0.463. The molecule has 0 aromatic heterocycles. The Bertz CT molecular complexity index is 421. The standard InChI is InChI=1S/C15H18NO2/c1-17-15-9-7-14(8-10-15)12-18-16-11-13-5-3-2-4-6-13/h5,7-10H,2-4,6,12H2,1H3. The maximum absolute atomic E-state index is 5.23. The first-order chi connectivity index (χ1) is 8.88. The largest absolute Gasteiger partial charge is 0.497 e. The maximum atomic E-state index is 5.23. The van der Waals surface area contributed by atoms with Crippen LogP contribution in [0.2, 0.25) is 0 Å². The maximum Gasteiger partial charge on any atom is 0.142 e. The lowest BCUT2D eigenvalue weighted by molar-refractivity contribution is 0.132. The molecule has 3 nitrogen and oxygen atoms in total. The van der Waals surface area contributed by atoms with Crippen LogP contribution in [0.4, 0.5) is 0 Å². The zero-order chi connectivity index (χ0) is 12.6. The third kappa shape index (κ3) is 3.91. The SMILES string of the molecule is COc1ccc(CO/N=[C]\C2=CCCCC2)cc1. The van der Waals surface area contributed by atoms with Gasteiger partial charge in [0.1, 0.15) is 18.6 Å². The van der Waals surface area contributed by atoms with E-state index < -0.39 is 0 Å². The molecule has 0 saturated heterocycles. The summed E-state index contributed by atoms with van der Waals surface area (Å²) in [5, 5.41) is 3.88. The second-order valence-electron chi connectivity index (χ2n) is 4.30. The van der Waals surface area contributed by atoms with Crippen molar-refractivity contribution in [2.45, 2.75) is 32.3 Å². The number of rotatable bonds is 5. The molecule has 1 aliphatic carbocycles. The predicted octanol–water partition coefficient (Wildman–Crippen LogP) is 3.58. The first kappa shape index (κ1) is 12.7. The van der Waals surface area contributed by atoms with Crippen molar-refractivity contribution in [3.8, 4) is 5.75 Å². The van der Waals surface area contributed by atoms with E-state index in [1.807, 2.05) is 24.3 Å². The molecule has 1 aromatic rings. The molecule has 0 N–H and O–H groups in total. The number of nitrogens with zero attached hydrogens (tertiary/aromatic N) is 1. The summed E-state index contributed by atoms with van der Waals surface area (Å²) in [6.07, 6.45) is 9.84. The summed E-state index contributed by atoms with van der Waals surface area (Å²) < 4.78 is 5.09. The number of ether oxygens (including phenoxy) is 1. The molecule has 18 heavy (non-hydrogen) atoms. The zero-order valence-corrected chi connectivity index (χ0v) is 10.7. The Morgan fingerprint density at radius 2 is 2.06 bits per heavy atom. The zero-order valence-electron chi connectivity index (χ0n) is 10.7. The number of allylic oxidation sites excluding steroid dienone is 2. The number of benzene rings is 1. The van der Waals surface area contributed by atoms with Crippen LogP contribution >= 0.6 is 0 Å². The van der Waals surface area contributed by atoms with Gasteiger partial charge < -0.3 is 9.57 Å². The van der Waals surface area contributed by atoms with Crippen molar-refractivity contribution in [2.24, 2.45) is 5.16 Å². The van der Waals surface area contributed by atoms with E-state index in [1.165, 1.54) is 12.8 Å². The molecule has 95 valence electrons. The molecule has 1 aliphatic rings. The Hall–Kier alpha value is -1.77. The van der Waals surface area contributed by atoms with Crippen LogP contribution in [-0.4, -0.2) is 13.3 Å². The van der Waals surface area contributed by atoms with Crippen LogP contribution in [0, 0.1) is 0 Å². The van der Waals surface area contributed by atoms with Crippen LogP contribution in [0.25, 0.3) is 0 Å². The number of hydrogen-bond acceptors (Lipinski definition) is 3. The van der Waals surface area contributed by atoms with E-state index in [0.717, 1.165) is 29.7 Å². The fourth-order valence-electron chi connectivity index (χ4n) is 1.86. The lowest BCUT2D eigenvalue weighted by Crippen LogP contribution is -1.94. The highest BCUT2D eigenvalue weighted by atomic mass is 16.6. The van der Waals surface area contributed by atoms with Gasteiger partial charge in [0.25, 0.3) is 0 Å². The van der Waals surface area contributed by atoms with E-state index in [4.69, 9.17) is 9.57 Å². The Balaban J connectivity index is 1.77. The van der Waals surface area contributed by atoms with E-state index in [9.17, 15) is 0 Å². The summed E-state index contributed by atoms with van der Waals surface area (Å²) in [7, 11) is 1.66. The normalized spacial score (nSPS) is 15.5. The van der Waals surface area contributed by atoms with Gasteiger partial charge in [0.15, 0.2) is 0 Å². The second-order valence-corrected chi connectivity index (χ2v) is 4.30. The number of methoxy groups -OCH3 is 1. The van der Waals surface area contributed by atoms with E-state index in [0.29, 0.717) is 6.61 Å². The van der Waals surface area contributed by atoms with Crippen molar-refractivity contribution in [2.75, 3.05) is 7.11 Å². The van der Waals surface area contributed by atoms with Gasteiger partial charge in [-0.3, -0.25) is 0 Å². The molecule has 0 fully saturated rings. The highest BCUT2D eigenvalue weighted by molar-refractivity contribution is 5.78. The molecule has 0 bridgehead atoms. The summed E-state index contributed by atoms with van der Waals surface area (Å²) in [5.74, 6) is 0.848. The smallest absolute Gasteiger partial charge is 0.142 e. The molecule has 0 aliphatic heterocycles. The summed E-state index contributed by atoms with van der Waals surface area (Å²) >= 11 is 0. The Morgan fingerprint density at radius 3 is 2.72 bits per heavy atom. The molecule has 3 heteroatoms. The molecule has 0 saturated carbocycles. The first-order valence-electron chi connectivity index (χ1n) is 6.28. The topological polar surface area (TPSA) is 30.8 Å². The van der Waals surface area contributed by atoms with Gasteiger partial charge in [-0.25, -0.2) is 0 Å². The van der Waals surface area contributed by atoms with Gasteiger partial charge in [-0.05, 0) is 49.0 Å². The van der Waals surface area contributed by atoms with Gasteiger partial charge in [-0.1, -0.05) is 23.4 Å². The van der Waals surface area contributed by atoms with Crippen LogP contribution < -0.4 is 4.74 Å². The quantitative estimate of drug-likeness (QED) is 0.585. The highest BCUT2D eigenvalue weighted by Crippen LogP contribution is 2.15. The van der Waals surface area contributed by atoms with Crippen molar-refractivity contribution >= 4 is 6.21 Å². The van der Waals surface area contributed by atoms with Gasteiger partial charge in [0, 0.05) is 0 Å². The van der Waals surface area contributed by atoms with Crippen molar-refractivity contribution in [1.82, 2.24) is 0 Å². The fourth-order valence-corrected chi connectivity index (χ4v) is 1.86. The summed E-state index contributed by atoms with van der Waals surface area (Å²) in [6, 6.07) is 7.76. The minimum absolute atomic E-state index is 0.463. The molecular weight excluding hydrogens is 226 g/mol. The Morgan fingerprint density at radius 1 is 1.22 bits per heavy atom. The van der Waals surface area contributed by atoms with E-state index in [-0.39, 0.29) is 0 Å². The molecule has 0 unspecified atom stereocenters. The van der Waals surface area contributed by atoms with E-state index in [2.05, 4.69) is 17.4 Å². The second kappa shape index (κ2) is 6.84. The third-order valence-electron chi connectivity index (χ3n) is 2.94. The van der Waals surface area contributed by atoms with Crippen LogP contribution in [0.5, 0.6) is 5.75 Å². The van der Waals surface area contributed by atoms with Crippen molar-refractivity contribution in [3.63, 3.8) is 0 Å². The Labute approximate surface area is 108 Å². The lowest BCUT2D eigenvalue weighted by Gasteiger charge is -2.06. The van der Waals surface area contributed by atoms with E-state index in [1.54, 1.807) is 7.11 Å². The molecule has 0 atom stereocenters. The van der Waals surface area contributed by atoms with E-state index >= 15 is 0 Å². The van der Waals surface area contributed by atoms with Crippen molar-refractivity contribution in [3.05, 3.63) is 41.5 Å². The summed E-state index contributed by atoms with van der Waals surface area (Å²) in [5.41, 5.74) is 2.23. The lowest BCUT2D eigenvalue weighted by atomic mass is 10.0. The monoisotopic (exact) mass is 244 g/mol. The van der Waals surface area contributed by atoms with Crippen LogP contribution in [0.3, 0.4) is 0 Å². The van der Waals surface area contributed by atoms with Gasteiger partial charge in [0.2, 0.25) is 0 Å². The molecule has 1 aromatic carbocycles. The van der Waals surface area contributed by atoms with Crippen molar-refractivity contribution in [1.29, 1.82) is 0 Å². The predicted molar refractivity (Wildman–Crippen MR) is 71.8 cm³/mol. The average molecular weight is 244 g/mol. The molecule has 1 radical (unpaired) electrons. The molecule has 2 rings (SSSR count). The summed E-state index contributed by atoms with van der Waals surface area (Å²) in [6.45, 7) is 0.463. The van der Waals surface area contributed by atoms with Gasteiger partial charge >= 0.3 is 0 Å². The molecule has 0 spiro atoms. The molecule has 0 amide bonds. The van der Waals surface area contributed by atoms with Crippen LogP contribution in [-0.2, 0) is 11.4 Å². The molecular formula is C15H18NO2. The van der Waals surface area contributed by atoms with Crippen LogP contribution in [0.15, 0.2) is 41.1 Å². The highest BCUT2D eigenvalue weighted by Gasteiger charge is 2.01. The number of hydrogen-bond donors (Lipinski definition) is 0. The summed E-state index contributed by atoms with van der Waals surface area (Å²) in [4.78, 5) is 5.23. The van der Waals surface area contributed by atoms with Gasteiger partial charge in [-0.2, -0.15) is 0 Å². The van der Waals surface area contributed by atoms with Crippen LogP contribution in [0.1, 0.15) is 31.2 Å². The first-order valence-corrected chi connectivity index (χ1v) is 6.28. The van der Waals surface area contributed by atoms with Gasteiger partial charge in [0.05, 0.1) is 7.11 Å². The average Bonchev–Trinajstić information content (AvgIpc) is 2.45. The van der Waals surface area contributed by atoms with Gasteiger partial charge in [-0.15, -0.1) is 0 Å². The Kier molecular flexibility index (Phi) is 4.82. The molecule has 0 heterocycles. The third-order valence-corrected chi connectivity index (χ3v) is 2.94.